The van der Waals surface area contributed by atoms with E-state index in [1.807, 2.05) is 0 Å². The smallest absolute Gasteiger partial charge is 0.260 e. The number of carbonyl (C=O) groups is 1. The van der Waals surface area contributed by atoms with Gasteiger partial charge >= 0.3 is 0 Å². The monoisotopic (exact) mass is 347 g/mol. The molecule has 0 radical (unpaired) electrons. The molecular formula is C14H19BrClNO2. The van der Waals surface area contributed by atoms with E-state index in [-0.39, 0.29) is 5.91 Å². The van der Waals surface area contributed by atoms with Gasteiger partial charge in [0.25, 0.3) is 5.91 Å². The molecular weight excluding hydrogens is 330 g/mol. The van der Waals surface area contributed by atoms with Gasteiger partial charge in [-0.15, -0.1) is 0 Å². The van der Waals surface area contributed by atoms with Gasteiger partial charge in [0.2, 0.25) is 0 Å². The summed E-state index contributed by atoms with van der Waals surface area (Å²) < 4.78 is 5.53. The number of benzene rings is 1. The minimum atomic E-state index is -0.533. The molecule has 0 heterocycles. The fourth-order valence-corrected chi connectivity index (χ4v) is 1.91. The molecule has 0 saturated heterocycles. The minimum absolute atomic E-state index is 0.115. The van der Waals surface area contributed by atoms with Crippen molar-refractivity contribution in [1.29, 1.82) is 0 Å². The number of halogens is 2. The topological polar surface area (TPSA) is 38.3 Å². The highest BCUT2D eigenvalue weighted by Gasteiger charge is 2.14. The first kappa shape index (κ1) is 16.3. The Kier molecular flexibility index (Phi) is 7.24. The summed E-state index contributed by atoms with van der Waals surface area (Å²) >= 11 is 9.39. The summed E-state index contributed by atoms with van der Waals surface area (Å²) in [5.74, 6) is 0.484. The zero-order valence-corrected chi connectivity index (χ0v) is 13.5. The Labute approximate surface area is 127 Å². The molecule has 1 aromatic carbocycles. The lowest BCUT2D eigenvalue weighted by atomic mass is 10.2. The summed E-state index contributed by atoms with van der Waals surface area (Å²) in [6, 6.07) is 7.03. The summed E-state index contributed by atoms with van der Waals surface area (Å²) in [7, 11) is 0. The zero-order chi connectivity index (χ0) is 14.3. The second kappa shape index (κ2) is 8.43. The quantitative estimate of drug-likeness (QED) is 0.761. The van der Waals surface area contributed by atoms with E-state index < -0.39 is 6.10 Å². The molecule has 0 aliphatic carbocycles. The van der Waals surface area contributed by atoms with Gasteiger partial charge in [0.15, 0.2) is 6.10 Å². The minimum Gasteiger partial charge on any atom is -0.481 e. The van der Waals surface area contributed by atoms with Crippen LogP contribution < -0.4 is 10.1 Å². The molecule has 0 fully saturated rings. The second-order valence-corrected chi connectivity index (χ2v) is 6.03. The van der Waals surface area contributed by atoms with Gasteiger partial charge in [-0.3, -0.25) is 4.79 Å². The van der Waals surface area contributed by atoms with Gasteiger partial charge < -0.3 is 10.1 Å². The Morgan fingerprint density at radius 3 is 2.89 bits per heavy atom. The van der Waals surface area contributed by atoms with Crippen LogP contribution in [0.25, 0.3) is 0 Å². The average molecular weight is 349 g/mol. The maximum atomic E-state index is 11.8. The summed E-state index contributed by atoms with van der Waals surface area (Å²) in [6.07, 6.45) is 1.42. The van der Waals surface area contributed by atoms with Crippen LogP contribution in [0, 0.1) is 0 Å². The molecule has 1 rings (SSSR count). The molecule has 0 saturated carbocycles. The van der Waals surface area contributed by atoms with E-state index in [1.165, 1.54) is 0 Å². The van der Waals surface area contributed by atoms with Crippen molar-refractivity contribution < 1.29 is 9.53 Å². The molecule has 2 atom stereocenters. The molecule has 106 valence electrons. The number of hydrogen-bond acceptors (Lipinski definition) is 2. The average Bonchev–Trinajstić information content (AvgIpc) is 2.38. The second-order valence-electron chi connectivity index (χ2n) is 4.30. The molecule has 3 nitrogen and oxygen atoms in total. The van der Waals surface area contributed by atoms with Gasteiger partial charge in [-0.25, -0.2) is 0 Å². The molecule has 0 aromatic heterocycles. The highest BCUT2D eigenvalue weighted by atomic mass is 79.9. The van der Waals surface area contributed by atoms with E-state index in [9.17, 15) is 4.79 Å². The normalized spacial score (nSPS) is 13.7. The van der Waals surface area contributed by atoms with Crippen molar-refractivity contribution in [1.82, 2.24) is 5.32 Å². The third-order valence-electron chi connectivity index (χ3n) is 2.68. The van der Waals surface area contributed by atoms with Crippen molar-refractivity contribution >= 4 is 33.4 Å². The molecule has 19 heavy (non-hydrogen) atoms. The molecule has 0 aliphatic heterocycles. The number of hydrogen-bond donors (Lipinski definition) is 1. The third-order valence-corrected chi connectivity index (χ3v) is 4.02. The van der Waals surface area contributed by atoms with Crippen molar-refractivity contribution in [2.75, 3.05) is 6.54 Å². The Morgan fingerprint density at radius 1 is 1.53 bits per heavy atom. The third kappa shape index (κ3) is 6.30. The summed E-state index contributed by atoms with van der Waals surface area (Å²) in [5.41, 5.74) is 0. The number of rotatable bonds is 7. The number of amides is 1. The first-order chi connectivity index (χ1) is 9.02. The van der Waals surface area contributed by atoms with Crippen molar-refractivity contribution in [3.8, 4) is 5.75 Å². The lowest BCUT2D eigenvalue weighted by Gasteiger charge is -2.15. The predicted molar refractivity (Wildman–Crippen MR) is 82.2 cm³/mol. The van der Waals surface area contributed by atoms with Gasteiger partial charge in [-0.2, -0.15) is 0 Å². The largest absolute Gasteiger partial charge is 0.481 e. The lowest BCUT2D eigenvalue weighted by molar-refractivity contribution is -0.127. The van der Waals surface area contributed by atoms with E-state index in [2.05, 4.69) is 28.2 Å². The Balaban J connectivity index is 2.36. The lowest BCUT2D eigenvalue weighted by Crippen LogP contribution is -2.37. The highest BCUT2D eigenvalue weighted by molar-refractivity contribution is 9.09. The Bertz CT molecular complexity index is 414. The Hall–Kier alpha value is -0.740. The maximum Gasteiger partial charge on any atom is 0.260 e. The summed E-state index contributed by atoms with van der Waals surface area (Å²) in [4.78, 5) is 12.3. The van der Waals surface area contributed by atoms with Gasteiger partial charge in [-0.1, -0.05) is 40.5 Å². The van der Waals surface area contributed by atoms with E-state index in [4.69, 9.17) is 16.3 Å². The fraction of sp³-hybridized carbons (Fsp3) is 0.500. The van der Waals surface area contributed by atoms with Crippen LogP contribution in [0.4, 0.5) is 0 Å². The maximum absolute atomic E-state index is 11.8. The van der Waals surface area contributed by atoms with Gasteiger partial charge in [0, 0.05) is 16.4 Å². The fourth-order valence-electron chi connectivity index (χ4n) is 1.50. The van der Waals surface area contributed by atoms with Crippen LogP contribution in [0.3, 0.4) is 0 Å². The van der Waals surface area contributed by atoms with E-state index >= 15 is 0 Å². The molecule has 1 N–H and O–H groups in total. The molecule has 0 bridgehead atoms. The number of alkyl halides is 1. The molecule has 5 heteroatoms. The Morgan fingerprint density at radius 2 is 2.26 bits per heavy atom. The first-order valence-corrected chi connectivity index (χ1v) is 7.66. The molecule has 0 aliphatic rings. The van der Waals surface area contributed by atoms with Crippen LogP contribution >= 0.6 is 27.5 Å². The highest BCUT2D eigenvalue weighted by Crippen LogP contribution is 2.18. The molecule has 1 aromatic rings. The standard InChI is InChI=1S/C14H19BrClNO2/c1-3-11(15)7-8-17-14(18)10(2)19-13-6-4-5-12(16)9-13/h4-6,9-11H,3,7-8H2,1-2H3,(H,17,18). The number of ether oxygens (including phenoxy) is 1. The molecule has 0 spiro atoms. The van der Waals surface area contributed by atoms with Crippen LogP contribution in [-0.2, 0) is 4.79 Å². The SMILES string of the molecule is CCC(Br)CCNC(=O)C(C)Oc1cccc(Cl)c1. The van der Waals surface area contributed by atoms with Gasteiger partial charge in [0.1, 0.15) is 5.75 Å². The van der Waals surface area contributed by atoms with Gasteiger partial charge in [0.05, 0.1) is 0 Å². The molecule has 1 amide bonds. The van der Waals surface area contributed by atoms with Crippen LogP contribution in [0.15, 0.2) is 24.3 Å². The molecule has 2 unspecified atom stereocenters. The number of nitrogens with one attached hydrogen (secondary N) is 1. The zero-order valence-electron chi connectivity index (χ0n) is 11.2. The van der Waals surface area contributed by atoms with Crippen molar-refractivity contribution in [3.63, 3.8) is 0 Å². The van der Waals surface area contributed by atoms with Crippen LogP contribution in [0.1, 0.15) is 26.7 Å². The van der Waals surface area contributed by atoms with Crippen LogP contribution in [0.5, 0.6) is 5.75 Å². The van der Waals surface area contributed by atoms with Crippen molar-refractivity contribution in [2.45, 2.75) is 37.6 Å². The summed E-state index contributed by atoms with van der Waals surface area (Å²) in [6.45, 7) is 4.47. The van der Waals surface area contributed by atoms with E-state index in [1.54, 1.807) is 31.2 Å². The number of carbonyl (C=O) groups excluding carboxylic acids is 1. The summed E-state index contributed by atoms with van der Waals surface area (Å²) in [5, 5.41) is 3.45. The van der Waals surface area contributed by atoms with E-state index in [0.29, 0.717) is 22.1 Å². The van der Waals surface area contributed by atoms with Gasteiger partial charge in [-0.05, 0) is 38.0 Å². The van der Waals surface area contributed by atoms with Crippen LogP contribution in [-0.4, -0.2) is 23.4 Å². The predicted octanol–water partition coefficient (Wildman–Crippen LogP) is 3.79. The van der Waals surface area contributed by atoms with Crippen molar-refractivity contribution in [2.24, 2.45) is 0 Å². The van der Waals surface area contributed by atoms with Crippen LogP contribution in [0.2, 0.25) is 5.02 Å². The first-order valence-electron chi connectivity index (χ1n) is 6.37. The van der Waals surface area contributed by atoms with E-state index in [0.717, 1.165) is 12.8 Å². The van der Waals surface area contributed by atoms with Crippen molar-refractivity contribution in [3.05, 3.63) is 29.3 Å².